The topological polar surface area (TPSA) is 40.5 Å². The third-order valence-electron chi connectivity index (χ3n) is 4.70. The largest absolute Gasteiger partial charge is 0.481 e. The molecule has 0 amide bonds. The molecular formula is C15H17ClFNO2. The molecule has 0 bridgehead atoms. The summed E-state index contributed by atoms with van der Waals surface area (Å²) in [7, 11) is 0. The maximum Gasteiger partial charge on any atom is 0.311 e. The van der Waals surface area contributed by atoms with Crippen molar-refractivity contribution in [2.24, 2.45) is 11.3 Å². The van der Waals surface area contributed by atoms with E-state index in [1.807, 2.05) is 0 Å². The van der Waals surface area contributed by atoms with Gasteiger partial charge in [0.25, 0.3) is 0 Å². The van der Waals surface area contributed by atoms with E-state index in [0.29, 0.717) is 18.1 Å². The second kappa shape index (κ2) is 5.01. The lowest BCUT2D eigenvalue weighted by molar-refractivity contribution is -0.149. The van der Waals surface area contributed by atoms with Crippen LogP contribution >= 0.6 is 11.6 Å². The molecule has 1 heterocycles. The number of likely N-dealkylation sites (tertiary alicyclic amines) is 1. The first-order valence-electron chi connectivity index (χ1n) is 6.90. The van der Waals surface area contributed by atoms with E-state index in [1.165, 1.54) is 12.1 Å². The van der Waals surface area contributed by atoms with Crippen molar-refractivity contribution in [2.75, 3.05) is 13.1 Å². The van der Waals surface area contributed by atoms with Gasteiger partial charge in [-0.15, -0.1) is 0 Å². The molecule has 1 aromatic carbocycles. The predicted molar refractivity (Wildman–Crippen MR) is 74.1 cm³/mol. The normalized spacial score (nSPS) is 29.6. The van der Waals surface area contributed by atoms with Crippen molar-refractivity contribution in [1.29, 1.82) is 0 Å². The van der Waals surface area contributed by atoms with Gasteiger partial charge in [-0.2, -0.15) is 0 Å². The lowest BCUT2D eigenvalue weighted by Crippen LogP contribution is -2.35. The molecule has 1 aliphatic carbocycles. The number of halogens is 2. The average Bonchev–Trinajstić information content (AvgIpc) is 2.84. The number of aliphatic carboxylic acids is 1. The summed E-state index contributed by atoms with van der Waals surface area (Å²) in [6.07, 6.45) is 2.73. The van der Waals surface area contributed by atoms with E-state index in [9.17, 15) is 14.3 Å². The molecule has 1 saturated carbocycles. The van der Waals surface area contributed by atoms with Gasteiger partial charge < -0.3 is 5.11 Å². The molecule has 1 N–H and O–H groups in total. The Morgan fingerprint density at radius 2 is 2.30 bits per heavy atom. The van der Waals surface area contributed by atoms with Crippen molar-refractivity contribution in [2.45, 2.75) is 25.8 Å². The lowest BCUT2D eigenvalue weighted by atomic mass is 9.81. The monoisotopic (exact) mass is 297 g/mol. The van der Waals surface area contributed by atoms with Crippen molar-refractivity contribution in [3.8, 4) is 0 Å². The number of nitrogens with zero attached hydrogens (tertiary/aromatic N) is 1. The Kier molecular flexibility index (Phi) is 3.46. The Morgan fingerprint density at radius 1 is 1.50 bits per heavy atom. The minimum Gasteiger partial charge on any atom is -0.481 e. The van der Waals surface area contributed by atoms with Crippen molar-refractivity contribution >= 4 is 17.6 Å². The fourth-order valence-corrected chi connectivity index (χ4v) is 4.07. The summed E-state index contributed by atoms with van der Waals surface area (Å²) in [5.74, 6) is -0.802. The van der Waals surface area contributed by atoms with Crippen molar-refractivity contribution < 1.29 is 14.3 Å². The van der Waals surface area contributed by atoms with Gasteiger partial charge in [-0.25, -0.2) is 4.39 Å². The van der Waals surface area contributed by atoms with Gasteiger partial charge in [0.15, 0.2) is 0 Å². The fourth-order valence-electron chi connectivity index (χ4n) is 3.82. The highest BCUT2D eigenvalue weighted by Gasteiger charge is 2.54. The van der Waals surface area contributed by atoms with E-state index in [-0.39, 0.29) is 11.7 Å². The number of fused-ring (bicyclic) bond motifs is 1. The Morgan fingerprint density at radius 3 is 2.95 bits per heavy atom. The van der Waals surface area contributed by atoms with Crippen LogP contribution in [0, 0.1) is 17.2 Å². The minimum absolute atomic E-state index is 0.226. The van der Waals surface area contributed by atoms with Crippen LogP contribution in [0.25, 0.3) is 0 Å². The molecule has 0 radical (unpaired) electrons. The van der Waals surface area contributed by atoms with Gasteiger partial charge in [0.1, 0.15) is 5.82 Å². The number of hydrogen-bond acceptors (Lipinski definition) is 2. The SMILES string of the molecule is O=C(O)[C@@]12CCC[C@H]1CN(Cc1cc(F)cc(Cl)c1)C2. The van der Waals surface area contributed by atoms with Crippen LogP contribution in [0.15, 0.2) is 18.2 Å². The quantitative estimate of drug-likeness (QED) is 0.931. The van der Waals surface area contributed by atoms with Crippen LogP contribution in [0.2, 0.25) is 5.02 Å². The lowest BCUT2D eigenvalue weighted by Gasteiger charge is -2.23. The number of carboxylic acid groups (broad SMARTS) is 1. The van der Waals surface area contributed by atoms with E-state index in [2.05, 4.69) is 4.90 Å². The molecule has 3 rings (SSSR count). The van der Waals surface area contributed by atoms with Gasteiger partial charge in [-0.05, 0) is 42.5 Å². The zero-order chi connectivity index (χ0) is 14.3. The molecule has 2 fully saturated rings. The van der Waals surface area contributed by atoms with Gasteiger partial charge >= 0.3 is 5.97 Å². The Bertz CT molecular complexity index is 530. The van der Waals surface area contributed by atoms with Crippen LogP contribution in [-0.2, 0) is 11.3 Å². The second-order valence-corrected chi connectivity index (χ2v) is 6.43. The number of carbonyl (C=O) groups is 1. The first-order valence-corrected chi connectivity index (χ1v) is 7.28. The van der Waals surface area contributed by atoms with E-state index in [4.69, 9.17) is 11.6 Å². The highest BCUT2D eigenvalue weighted by Crippen LogP contribution is 2.49. The van der Waals surface area contributed by atoms with E-state index < -0.39 is 11.4 Å². The summed E-state index contributed by atoms with van der Waals surface area (Å²) in [6, 6.07) is 4.49. The van der Waals surface area contributed by atoms with Crippen LogP contribution in [0.4, 0.5) is 4.39 Å². The summed E-state index contributed by atoms with van der Waals surface area (Å²) in [6.45, 7) is 1.89. The van der Waals surface area contributed by atoms with Gasteiger partial charge in [0, 0.05) is 24.7 Å². The molecule has 20 heavy (non-hydrogen) atoms. The Balaban J connectivity index is 1.76. The number of carboxylic acids is 1. The molecule has 0 unspecified atom stereocenters. The van der Waals surface area contributed by atoms with E-state index in [0.717, 1.165) is 31.4 Å². The van der Waals surface area contributed by atoms with Crippen LogP contribution in [-0.4, -0.2) is 29.1 Å². The first kappa shape index (κ1) is 13.8. The molecular weight excluding hydrogens is 281 g/mol. The zero-order valence-electron chi connectivity index (χ0n) is 11.1. The molecule has 5 heteroatoms. The first-order chi connectivity index (χ1) is 9.49. The summed E-state index contributed by atoms with van der Waals surface area (Å²) in [5, 5.41) is 9.92. The molecule has 0 aromatic heterocycles. The van der Waals surface area contributed by atoms with Crippen molar-refractivity contribution in [1.82, 2.24) is 4.90 Å². The smallest absolute Gasteiger partial charge is 0.311 e. The highest BCUT2D eigenvalue weighted by molar-refractivity contribution is 6.30. The molecule has 2 atom stereocenters. The fraction of sp³-hybridized carbons (Fsp3) is 0.533. The summed E-state index contributed by atoms with van der Waals surface area (Å²) < 4.78 is 13.3. The molecule has 1 aliphatic heterocycles. The van der Waals surface area contributed by atoms with Crippen LogP contribution in [0.5, 0.6) is 0 Å². The Hall–Kier alpha value is -1.13. The van der Waals surface area contributed by atoms with Crippen molar-refractivity contribution in [3.63, 3.8) is 0 Å². The molecule has 0 spiro atoms. The summed E-state index contributed by atoms with van der Waals surface area (Å²) >= 11 is 5.86. The van der Waals surface area contributed by atoms with E-state index >= 15 is 0 Å². The third kappa shape index (κ3) is 2.31. The maximum atomic E-state index is 13.3. The third-order valence-corrected chi connectivity index (χ3v) is 4.91. The molecule has 1 aromatic rings. The number of benzene rings is 1. The van der Waals surface area contributed by atoms with Crippen molar-refractivity contribution in [3.05, 3.63) is 34.6 Å². The standard InChI is InChI=1S/C15H17ClFNO2/c16-12-4-10(5-13(17)6-12)7-18-8-11-2-1-3-15(11,9-18)14(19)20/h4-6,11H,1-3,7-9H2,(H,19,20)/t11-,15+/m0/s1. The number of rotatable bonds is 3. The predicted octanol–water partition coefficient (Wildman–Crippen LogP) is 3.17. The van der Waals surface area contributed by atoms with Crippen LogP contribution < -0.4 is 0 Å². The summed E-state index contributed by atoms with van der Waals surface area (Å²) in [5.41, 5.74) is 0.215. The van der Waals surface area contributed by atoms with Crippen LogP contribution in [0.3, 0.4) is 0 Å². The number of hydrogen-bond donors (Lipinski definition) is 1. The van der Waals surface area contributed by atoms with Gasteiger partial charge in [-0.3, -0.25) is 9.69 Å². The highest BCUT2D eigenvalue weighted by atomic mass is 35.5. The van der Waals surface area contributed by atoms with Gasteiger partial charge in [-0.1, -0.05) is 18.0 Å². The Labute approximate surface area is 122 Å². The maximum absolute atomic E-state index is 13.3. The molecule has 2 aliphatic rings. The van der Waals surface area contributed by atoms with Crippen LogP contribution in [0.1, 0.15) is 24.8 Å². The van der Waals surface area contributed by atoms with E-state index in [1.54, 1.807) is 6.07 Å². The second-order valence-electron chi connectivity index (χ2n) is 6.00. The molecule has 1 saturated heterocycles. The van der Waals surface area contributed by atoms with Gasteiger partial charge in [0.05, 0.1) is 5.41 Å². The average molecular weight is 298 g/mol. The zero-order valence-corrected chi connectivity index (χ0v) is 11.9. The molecule has 3 nitrogen and oxygen atoms in total. The minimum atomic E-state index is -0.681. The molecule has 108 valence electrons. The summed E-state index contributed by atoms with van der Waals surface area (Å²) in [4.78, 5) is 13.7. The van der Waals surface area contributed by atoms with Gasteiger partial charge in [0.2, 0.25) is 0 Å².